The molecule has 1 aliphatic heterocycles. The summed E-state index contributed by atoms with van der Waals surface area (Å²) >= 11 is 1.48. The van der Waals surface area contributed by atoms with E-state index in [1.165, 1.54) is 37.8 Å². The van der Waals surface area contributed by atoms with Gasteiger partial charge in [-0.2, -0.15) is 0 Å². The maximum atomic E-state index is 11.3. The molecule has 0 aromatic carbocycles. The molecule has 5 nitrogen and oxygen atoms in total. The topological polar surface area (TPSA) is 45.7 Å². The summed E-state index contributed by atoms with van der Waals surface area (Å²) in [5, 5.41) is 2.62. The lowest BCUT2D eigenvalue weighted by atomic mass is 10.2. The largest absolute Gasteiger partial charge is 0.464 e. The maximum Gasteiger partial charge on any atom is 0.357 e. The van der Waals surface area contributed by atoms with Gasteiger partial charge in [-0.05, 0) is 26.4 Å². The number of likely N-dealkylation sites (N-methyl/N-ethyl adjacent to an activating group) is 2. The summed E-state index contributed by atoms with van der Waals surface area (Å²) in [6, 6.07) is 0.584. The lowest BCUT2D eigenvalue weighted by Crippen LogP contribution is -2.36. The number of hydrogen-bond donors (Lipinski definition) is 0. The van der Waals surface area contributed by atoms with Gasteiger partial charge in [-0.15, -0.1) is 11.3 Å². The Balaban J connectivity index is 1.98. The van der Waals surface area contributed by atoms with Crippen molar-refractivity contribution >= 4 is 22.4 Å². The van der Waals surface area contributed by atoms with Crippen molar-refractivity contribution in [3.8, 4) is 0 Å². The van der Waals surface area contributed by atoms with Crippen LogP contribution in [-0.4, -0.2) is 56.2 Å². The SMILES string of the molecule is COC(=O)c1csc(N(C)CC2CCCN2C)n1. The van der Waals surface area contributed by atoms with Crippen molar-refractivity contribution in [3.05, 3.63) is 11.1 Å². The number of anilines is 1. The molecule has 2 heterocycles. The van der Waals surface area contributed by atoms with Gasteiger partial charge in [-0.3, -0.25) is 0 Å². The molecule has 100 valence electrons. The number of likely N-dealkylation sites (tertiary alicyclic amines) is 1. The fourth-order valence-corrected chi connectivity index (χ4v) is 3.01. The Bertz CT molecular complexity index is 421. The van der Waals surface area contributed by atoms with Gasteiger partial charge >= 0.3 is 5.97 Å². The number of aromatic nitrogens is 1. The highest BCUT2D eigenvalue weighted by molar-refractivity contribution is 7.13. The van der Waals surface area contributed by atoms with E-state index in [4.69, 9.17) is 0 Å². The molecule has 0 N–H and O–H groups in total. The third kappa shape index (κ3) is 2.81. The van der Waals surface area contributed by atoms with E-state index >= 15 is 0 Å². The van der Waals surface area contributed by atoms with Crippen molar-refractivity contribution in [3.63, 3.8) is 0 Å². The van der Waals surface area contributed by atoms with E-state index in [9.17, 15) is 4.79 Å². The first kappa shape index (κ1) is 13.3. The molecule has 2 rings (SSSR count). The lowest BCUT2D eigenvalue weighted by molar-refractivity contribution is 0.0595. The van der Waals surface area contributed by atoms with Crippen LogP contribution in [0, 0.1) is 0 Å². The fourth-order valence-electron chi connectivity index (χ4n) is 2.24. The van der Waals surface area contributed by atoms with E-state index in [1.807, 2.05) is 7.05 Å². The lowest BCUT2D eigenvalue weighted by Gasteiger charge is -2.25. The van der Waals surface area contributed by atoms with E-state index < -0.39 is 0 Å². The van der Waals surface area contributed by atoms with Crippen LogP contribution in [-0.2, 0) is 4.74 Å². The van der Waals surface area contributed by atoms with Crippen LogP contribution >= 0.6 is 11.3 Å². The third-order valence-corrected chi connectivity index (χ3v) is 4.32. The van der Waals surface area contributed by atoms with Crippen LogP contribution in [0.5, 0.6) is 0 Å². The monoisotopic (exact) mass is 269 g/mol. The van der Waals surface area contributed by atoms with Gasteiger partial charge in [0.25, 0.3) is 0 Å². The number of esters is 1. The summed E-state index contributed by atoms with van der Waals surface area (Å²) in [7, 11) is 5.55. The number of rotatable bonds is 4. The molecule has 6 heteroatoms. The van der Waals surface area contributed by atoms with Gasteiger partial charge in [0.1, 0.15) is 0 Å². The van der Waals surface area contributed by atoms with Crippen LogP contribution in [0.25, 0.3) is 0 Å². The Labute approximate surface area is 111 Å². The Morgan fingerprint density at radius 1 is 1.72 bits per heavy atom. The molecule has 0 saturated carbocycles. The van der Waals surface area contributed by atoms with Gasteiger partial charge in [0, 0.05) is 25.0 Å². The van der Waals surface area contributed by atoms with Crippen LogP contribution in [0.4, 0.5) is 5.13 Å². The van der Waals surface area contributed by atoms with E-state index in [1.54, 1.807) is 5.38 Å². The highest BCUT2D eigenvalue weighted by atomic mass is 32.1. The van der Waals surface area contributed by atoms with Crippen LogP contribution in [0.1, 0.15) is 23.3 Å². The Hall–Kier alpha value is -1.14. The highest BCUT2D eigenvalue weighted by Gasteiger charge is 2.23. The number of carbonyl (C=O) groups is 1. The maximum absolute atomic E-state index is 11.3. The zero-order valence-corrected chi connectivity index (χ0v) is 11.9. The molecule has 1 atom stereocenters. The van der Waals surface area contributed by atoms with Crippen LogP contribution < -0.4 is 4.90 Å². The molecule has 18 heavy (non-hydrogen) atoms. The smallest absolute Gasteiger partial charge is 0.357 e. The predicted molar refractivity (Wildman–Crippen MR) is 72.4 cm³/mol. The summed E-state index contributed by atoms with van der Waals surface area (Å²) in [6.45, 7) is 2.12. The number of ether oxygens (including phenoxy) is 1. The molecule has 1 unspecified atom stereocenters. The first-order valence-corrected chi connectivity index (χ1v) is 6.95. The Morgan fingerprint density at radius 3 is 3.11 bits per heavy atom. The summed E-state index contributed by atoms with van der Waals surface area (Å²) in [5.41, 5.74) is 0.393. The second kappa shape index (κ2) is 5.67. The first-order chi connectivity index (χ1) is 8.61. The van der Waals surface area contributed by atoms with Crippen molar-refractivity contribution in [2.24, 2.45) is 0 Å². The first-order valence-electron chi connectivity index (χ1n) is 6.07. The number of methoxy groups -OCH3 is 1. The van der Waals surface area contributed by atoms with E-state index in [0.717, 1.165) is 11.7 Å². The van der Waals surface area contributed by atoms with Crippen molar-refractivity contribution in [1.29, 1.82) is 0 Å². The molecule has 0 bridgehead atoms. The number of thiazole rings is 1. The van der Waals surface area contributed by atoms with Crippen LogP contribution in [0.2, 0.25) is 0 Å². The molecule has 0 aliphatic carbocycles. The predicted octanol–water partition coefficient (Wildman–Crippen LogP) is 1.46. The molecule has 0 radical (unpaired) electrons. The second-order valence-electron chi connectivity index (χ2n) is 4.66. The van der Waals surface area contributed by atoms with E-state index in [2.05, 4.69) is 26.6 Å². The average Bonchev–Trinajstić information content (AvgIpc) is 2.98. The quantitative estimate of drug-likeness (QED) is 0.774. The number of carbonyl (C=O) groups excluding carboxylic acids is 1. The zero-order chi connectivity index (χ0) is 13.1. The minimum absolute atomic E-state index is 0.371. The van der Waals surface area contributed by atoms with Crippen LogP contribution in [0.3, 0.4) is 0 Å². The van der Waals surface area contributed by atoms with Gasteiger partial charge in [0.2, 0.25) is 0 Å². The molecule has 1 fully saturated rings. The van der Waals surface area contributed by atoms with Gasteiger partial charge in [0.05, 0.1) is 7.11 Å². The zero-order valence-electron chi connectivity index (χ0n) is 11.0. The van der Waals surface area contributed by atoms with Gasteiger partial charge in [0.15, 0.2) is 10.8 Å². The van der Waals surface area contributed by atoms with E-state index in [0.29, 0.717) is 11.7 Å². The second-order valence-corrected chi connectivity index (χ2v) is 5.50. The van der Waals surface area contributed by atoms with Crippen molar-refractivity contribution in [2.75, 3.05) is 39.2 Å². The molecule has 1 aliphatic rings. The van der Waals surface area contributed by atoms with Crippen molar-refractivity contribution in [2.45, 2.75) is 18.9 Å². The van der Waals surface area contributed by atoms with Crippen molar-refractivity contribution < 1.29 is 9.53 Å². The molecule has 1 aromatic heterocycles. The fraction of sp³-hybridized carbons (Fsp3) is 0.667. The standard InChI is InChI=1S/C12H19N3O2S/c1-14-6-4-5-9(14)7-15(2)12-13-10(8-18-12)11(16)17-3/h8-9H,4-7H2,1-3H3. The minimum Gasteiger partial charge on any atom is -0.464 e. The Kier molecular flexibility index (Phi) is 4.19. The molecular formula is C12H19N3O2S. The van der Waals surface area contributed by atoms with E-state index in [-0.39, 0.29) is 5.97 Å². The summed E-state index contributed by atoms with van der Waals surface area (Å²) in [4.78, 5) is 20.1. The Morgan fingerprint density at radius 2 is 2.50 bits per heavy atom. The minimum atomic E-state index is -0.371. The molecule has 1 aromatic rings. The van der Waals surface area contributed by atoms with Gasteiger partial charge in [-0.1, -0.05) is 0 Å². The summed E-state index contributed by atoms with van der Waals surface area (Å²) in [5.74, 6) is -0.371. The number of hydrogen-bond acceptors (Lipinski definition) is 6. The van der Waals surface area contributed by atoms with Crippen LogP contribution in [0.15, 0.2) is 5.38 Å². The van der Waals surface area contributed by atoms with Crippen molar-refractivity contribution in [1.82, 2.24) is 9.88 Å². The number of nitrogens with zero attached hydrogens (tertiary/aromatic N) is 3. The average molecular weight is 269 g/mol. The molecule has 0 amide bonds. The molecule has 0 spiro atoms. The highest BCUT2D eigenvalue weighted by Crippen LogP contribution is 2.22. The van der Waals surface area contributed by atoms with Gasteiger partial charge < -0.3 is 14.5 Å². The van der Waals surface area contributed by atoms with Gasteiger partial charge in [-0.25, -0.2) is 9.78 Å². The summed E-state index contributed by atoms with van der Waals surface area (Å²) in [6.07, 6.45) is 2.50. The normalized spacial score (nSPS) is 20.1. The molecular weight excluding hydrogens is 250 g/mol. The third-order valence-electron chi connectivity index (χ3n) is 3.37. The summed E-state index contributed by atoms with van der Waals surface area (Å²) < 4.78 is 4.66. The molecule has 1 saturated heterocycles.